The smallest absolute Gasteiger partial charge is 0.331 e. The van der Waals surface area contributed by atoms with E-state index in [1.54, 1.807) is 36.5 Å². The molecular formula is C83H132O14. The SMILES string of the molecule is CCCCCCCCCC=CC=CC=CC=CC=CC(=O)OC(COC(C)=O)COC(C)=O.CCCCCCCCCC=CC=CC=CC=CC=CC(=O)OC(COCC)COCC.CCCCCCCCCC=CC=CC=CC=CC=CC(=O)OC(COCCC)COCCC. The molecule has 0 spiro atoms. The van der Waals surface area contributed by atoms with Gasteiger partial charge in [-0.1, -0.05) is 314 Å². The van der Waals surface area contributed by atoms with Crippen molar-refractivity contribution in [2.24, 2.45) is 0 Å². The molecule has 0 aromatic heterocycles. The van der Waals surface area contributed by atoms with Crippen LogP contribution >= 0.6 is 0 Å². The third-order valence-electron chi connectivity index (χ3n) is 13.5. The van der Waals surface area contributed by atoms with Crippen molar-refractivity contribution in [3.63, 3.8) is 0 Å². The molecule has 0 aliphatic heterocycles. The summed E-state index contributed by atoms with van der Waals surface area (Å²) in [5.41, 5.74) is 0. The highest BCUT2D eigenvalue weighted by molar-refractivity contribution is 5.83. The van der Waals surface area contributed by atoms with Gasteiger partial charge < -0.3 is 42.6 Å². The average Bonchev–Trinajstić information content (AvgIpc) is 2.97. The molecule has 0 rings (SSSR count). The monoisotopic (exact) mass is 1350 g/mol. The number of esters is 5. The number of ether oxygens (including phenoxy) is 9. The number of rotatable bonds is 60. The summed E-state index contributed by atoms with van der Waals surface area (Å²) in [6, 6.07) is 0. The predicted molar refractivity (Wildman–Crippen MR) is 403 cm³/mol. The van der Waals surface area contributed by atoms with Gasteiger partial charge in [0, 0.05) is 58.5 Å². The van der Waals surface area contributed by atoms with Gasteiger partial charge in [-0.25, -0.2) is 14.4 Å². The van der Waals surface area contributed by atoms with Gasteiger partial charge in [0.05, 0.1) is 26.4 Å². The average molecular weight is 1350 g/mol. The van der Waals surface area contributed by atoms with Gasteiger partial charge in [0.15, 0.2) is 6.10 Å². The summed E-state index contributed by atoms with van der Waals surface area (Å²) in [7, 11) is 0. The van der Waals surface area contributed by atoms with E-state index in [1.807, 2.05) is 113 Å². The fourth-order valence-corrected chi connectivity index (χ4v) is 8.34. The van der Waals surface area contributed by atoms with Crippen molar-refractivity contribution < 1.29 is 66.6 Å². The van der Waals surface area contributed by atoms with Crippen LogP contribution in [0.15, 0.2) is 182 Å². The lowest BCUT2D eigenvalue weighted by atomic mass is 10.1. The Kier molecular flexibility index (Phi) is 79.6. The maximum atomic E-state index is 12.0. The first-order valence-corrected chi connectivity index (χ1v) is 36.6. The van der Waals surface area contributed by atoms with E-state index in [9.17, 15) is 24.0 Å². The van der Waals surface area contributed by atoms with Crippen molar-refractivity contribution in [2.45, 2.75) is 248 Å². The molecule has 0 fully saturated rings. The summed E-state index contributed by atoms with van der Waals surface area (Å²) in [5.74, 6) is -2.44. The third kappa shape index (κ3) is 83.5. The van der Waals surface area contributed by atoms with Crippen LogP contribution in [-0.4, -0.2) is 114 Å². The third-order valence-corrected chi connectivity index (χ3v) is 13.5. The van der Waals surface area contributed by atoms with Gasteiger partial charge in [-0.05, 0) is 65.2 Å². The molecule has 0 aliphatic carbocycles. The van der Waals surface area contributed by atoms with E-state index in [2.05, 4.69) is 57.2 Å². The molecule has 0 atom stereocenters. The van der Waals surface area contributed by atoms with Crippen LogP contribution in [-0.2, 0) is 66.6 Å². The van der Waals surface area contributed by atoms with Crippen molar-refractivity contribution >= 4 is 29.8 Å². The summed E-state index contributed by atoms with van der Waals surface area (Å²) in [4.78, 5) is 57.5. The largest absolute Gasteiger partial charge is 0.462 e. The predicted octanol–water partition coefficient (Wildman–Crippen LogP) is 20.5. The van der Waals surface area contributed by atoms with Crippen molar-refractivity contribution in [1.82, 2.24) is 0 Å². The first kappa shape index (κ1) is 94.5. The lowest BCUT2D eigenvalue weighted by Crippen LogP contribution is -2.29. The van der Waals surface area contributed by atoms with E-state index in [4.69, 9.17) is 42.6 Å². The zero-order valence-electron chi connectivity index (χ0n) is 61.7. The molecule has 0 heterocycles. The molecule has 14 nitrogen and oxygen atoms in total. The standard InChI is InChI=1S/C29H48O4.C27H40O6.C27H44O4/c1-4-7-8-9-10-11-12-13-14-15-16-17-18-19-20-21-22-23-29(30)33-28(26-31-24-5-2)27-32-25-6-3;1-4-5-6-7-8-9-10-11-12-13-14-15-16-17-18-19-20-21-27(30)33-26(22-31-24(2)28)23-32-25(3)29;1-4-7-8-9-10-11-12-13-14-15-16-17-18-19-20-21-22-23-27(28)31-26(24-29-5-2)25-30-6-3/h14-23,28H,4-13,24-27H2,1-3H3;12-21,26H,4-11,22-23H2,1-3H3;14-23,26H,4-13,24-25H2,1-3H3. The Morgan fingerprint density at radius 3 is 0.732 bits per heavy atom. The second kappa shape index (κ2) is 81.7. The van der Waals surface area contributed by atoms with Crippen LogP contribution in [0.3, 0.4) is 0 Å². The van der Waals surface area contributed by atoms with Gasteiger partial charge in [0.25, 0.3) is 0 Å². The minimum Gasteiger partial charge on any atom is -0.462 e. The van der Waals surface area contributed by atoms with Crippen LogP contribution in [0, 0.1) is 0 Å². The molecule has 0 N–H and O–H groups in total. The molecule has 0 radical (unpaired) electrons. The number of carbonyl (C=O) groups excluding carboxylic acids is 5. The number of allylic oxidation sites excluding steroid dienone is 27. The molecule has 0 amide bonds. The maximum absolute atomic E-state index is 12.0. The van der Waals surface area contributed by atoms with Gasteiger partial charge in [-0.15, -0.1) is 0 Å². The molecule has 0 aromatic carbocycles. The molecule has 97 heavy (non-hydrogen) atoms. The summed E-state index contributed by atoms with van der Waals surface area (Å²) in [6.07, 6.45) is 88.0. The lowest BCUT2D eigenvalue weighted by molar-refractivity contribution is -0.162. The van der Waals surface area contributed by atoms with Crippen LogP contribution < -0.4 is 0 Å². The second-order valence-corrected chi connectivity index (χ2v) is 22.8. The Bertz CT molecular complexity index is 2270. The number of hydrogen-bond donors (Lipinski definition) is 0. The quantitative estimate of drug-likeness (QED) is 0.0185. The van der Waals surface area contributed by atoms with Gasteiger partial charge >= 0.3 is 29.8 Å². The van der Waals surface area contributed by atoms with Gasteiger partial charge in [-0.3, -0.25) is 9.59 Å². The molecule has 0 bridgehead atoms. The minimum atomic E-state index is -0.859. The second-order valence-electron chi connectivity index (χ2n) is 22.8. The molecule has 14 heteroatoms. The molecular weight excluding hydrogens is 1220 g/mol. The number of carbonyl (C=O) groups is 5. The fraction of sp³-hybridized carbons (Fsp3) is 0.578. The zero-order chi connectivity index (χ0) is 71.7. The molecule has 548 valence electrons. The highest BCUT2D eigenvalue weighted by Crippen LogP contribution is 2.12. The number of hydrogen-bond acceptors (Lipinski definition) is 14. The van der Waals surface area contributed by atoms with E-state index in [1.165, 1.54) is 173 Å². The summed E-state index contributed by atoms with van der Waals surface area (Å²) < 4.78 is 47.1. The van der Waals surface area contributed by atoms with Crippen molar-refractivity contribution in [1.29, 1.82) is 0 Å². The summed E-state index contributed by atoms with van der Waals surface area (Å²) in [5, 5.41) is 0. The lowest BCUT2D eigenvalue weighted by Gasteiger charge is -2.17. The normalized spacial score (nSPS) is 12.5. The van der Waals surface area contributed by atoms with E-state index >= 15 is 0 Å². The van der Waals surface area contributed by atoms with Gasteiger partial charge in [0.1, 0.15) is 25.4 Å². The molecule has 0 saturated heterocycles. The first-order valence-electron chi connectivity index (χ1n) is 36.6. The Balaban J connectivity index is -0.00000137. The fourth-order valence-electron chi connectivity index (χ4n) is 8.34. The van der Waals surface area contributed by atoms with E-state index < -0.39 is 30.0 Å². The molecule has 0 saturated carbocycles. The minimum absolute atomic E-state index is 0.180. The Hall–Kier alpha value is -6.71. The van der Waals surface area contributed by atoms with Gasteiger partial charge in [0.2, 0.25) is 0 Å². The van der Waals surface area contributed by atoms with E-state index in [-0.39, 0.29) is 31.4 Å². The Morgan fingerprint density at radius 2 is 0.485 bits per heavy atom. The van der Waals surface area contributed by atoms with Crippen LogP contribution in [0.4, 0.5) is 0 Å². The van der Waals surface area contributed by atoms with Crippen LogP contribution in [0.1, 0.15) is 229 Å². The number of unbranched alkanes of at least 4 members (excludes halogenated alkanes) is 21. The van der Waals surface area contributed by atoms with E-state index in [0.717, 1.165) is 32.1 Å². The highest BCUT2D eigenvalue weighted by atomic mass is 16.6. The van der Waals surface area contributed by atoms with Crippen LogP contribution in [0.5, 0.6) is 0 Å². The topological polar surface area (TPSA) is 168 Å². The summed E-state index contributed by atoms with van der Waals surface area (Å²) >= 11 is 0. The molecule has 0 aliphatic rings. The van der Waals surface area contributed by atoms with Crippen LogP contribution in [0.2, 0.25) is 0 Å². The highest BCUT2D eigenvalue weighted by Gasteiger charge is 2.17. The molecule has 0 unspecified atom stereocenters. The van der Waals surface area contributed by atoms with Crippen molar-refractivity contribution in [3.8, 4) is 0 Å². The van der Waals surface area contributed by atoms with Crippen molar-refractivity contribution in [2.75, 3.05) is 66.1 Å². The maximum Gasteiger partial charge on any atom is 0.331 e. The summed E-state index contributed by atoms with van der Waals surface area (Å²) in [6.45, 7) is 20.6. The first-order chi connectivity index (χ1) is 47.4. The van der Waals surface area contributed by atoms with Gasteiger partial charge in [-0.2, -0.15) is 0 Å². The Labute approximate surface area is 589 Å². The molecule has 0 aromatic rings. The Morgan fingerprint density at radius 1 is 0.258 bits per heavy atom. The van der Waals surface area contributed by atoms with Crippen molar-refractivity contribution in [3.05, 3.63) is 182 Å². The zero-order valence-corrected chi connectivity index (χ0v) is 61.7. The van der Waals surface area contributed by atoms with Crippen LogP contribution in [0.25, 0.3) is 0 Å². The van der Waals surface area contributed by atoms with E-state index in [0.29, 0.717) is 52.9 Å².